The van der Waals surface area contributed by atoms with Gasteiger partial charge in [-0.05, 0) is 6.92 Å². The van der Waals surface area contributed by atoms with Crippen LogP contribution in [0, 0.1) is 0 Å². The van der Waals surface area contributed by atoms with Crippen LogP contribution in [0.25, 0.3) is 0 Å². The Balaban J connectivity index is 2.75. The predicted molar refractivity (Wildman–Crippen MR) is 67.5 cm³/mol. The predicted octanol–water partition coefficient (Wildman–Crippen LogP) is 1.73. The first-order valence-corrected chi connectivity index (χ1v) is 5.79. The Labute approximate surface area is 109 Å². The molecule has 0 radical (unpaired) electrons. The van der Waals surface area contributed by atoms with Gasteiger partial charge in [0.15, 0.2) is 0 Å². The average molecular weight is 278 g/mol. The van der Waals surface area contributed by atoms with Crippen molar-refractivity contribution in [2.45, 2.75) is 19.5 Å². The fraction of sp³-hybridized carbons (Fsp3) is 0.700. The molecule has 1 heterocycles. The molecule has 0 aromatic carbocycles. The molecular formula is C10H17F3N6. The summed E-state index contributed by atoms with van der Waals surface area (Å²) in [4.78, 5) is 13.8. The number of aromatic nitrogens is 3. The van der Waals surface area contributed by atoms with Crippen LogP contribution in [-0.4, -0.2) is 48.3 Å². The van der Waals surface area contributed by atoms with E-state index < -0.39 is 12.6 Å². The number of hydrogen-bond donors (Lipinski definition) is 2. The number of anilines is 3. The summed E-state index contributed by atoms with van der Waals surface area (Å²) in [6.07, 6.45) is -5.14. The summed E-state index contributed by atoms with van der Waals surface area (Å²) in [5.41, 5.74) is 0. The molecule has 0 saturated heterocycles. The maximum absolute atomic E-state index is 12.1. The van der Waals surface area contributed by atoms with E-state index in [1.54, 1.807) is 19.0 Å². The highest BCUT2D eigenvalue weighted by Gasteiger charge is 2.26. The largest absolute Gasteiger partial charge is 0.390 e. The van der Waals surface area contributed by atoms with Crippen LogP contribution in [0.15, 0.2) is 0 Å². The molecule has 0 aliphatic heterocycles. The number of rotatable bonds is 6. The first kappa shape index (κ1) is 15.3. The molecule has 0 aliphatic rings. The van der Waals surface area contributed by atoms with E-state index in [1.165, 1.54) is 0 Å². The third kappa shape index (κ3) is 5.58. The van der Waals surface area contributed by atoms with Crippen molar-refractivity contribution in [3.63, 3.8) is 0 Å². The van der Waals surface area contributed by atoms with Gasteiger partial charge in [-0.3, -0.25) is 0 Å². The van der Waals surface area contributed by atoms with Gasteiger partial charge in [-0.15, -0.1) is 0 Å². The van der Waals surface area contributed by atoms with E-state index in [1.807, 2.05) is 6.92 Å². The summed E-state index contributed by atoms with van der Waals surface area (Å²) in [7, 11) is 3.48. The molecule has 0 fully saturated rings. The van der Waals surface area contributed by atoms with Crippen LogP contribution < -0.4 is 15.5 Å². The summed E-state index contributed by atoms with van der Waals surface area (Å²) < 4.78 is 36.2. The highest BCUT2D eigenvalue weighted by atomic mass is 19.4. The summed E-state index contributed by atoms with van der Waals surface area (Å²) in [5, 5.41) is 5.45. The average Bonchev–Trinajstić information content (AvgIpc) is 2.27. The van der Waals surface area contributed by atoms with Gasteiger partial charge in [0.05, 0.1) is 6.42 Å². The van der Waals surface area contributed by atoms with Crippen LogP contribution >= 0.6 is 0 Å². The molecule has 2 N–H and O–H groups in total. The van der Waals surface area contributed by atoms with Crippen LogP contribution in [0.4, 0.5) is 31.0 Å². The van der Waals surface area contributed by atoms with Crippen molar-refractivity contribution in [3.8, 4) is 0 Å². The van der Waals surface area contributed by atoms with E-state index in [2.05, 4.69) is 25.6 Å². The Morgan fingerprint density at radius 1 is 1.05 bits per heavy atom. The molecule has 6 nitrogen and oxygen atoms in total. The number of nitrogens with zero attached hydrogens (tertiary/aromatic N) is 4. The highest BCUT2D eigenvalue weighted by Crippen LogP contribution is 2.19. The minimum absolute atomic E-state index is 0.124. The third-order valence-electron chi connectivity index (χ3n) is 2.05. The minimum Gasteiger partial charge on any atom is -0.354 e. The van der Waals surface area contributed by atoms with E-state index in [0.717, 1.165) is 0 Å². The normalized spacial score (nSPS) is 11.3. The smallest absolute Gasteiger partial charge is 0.354 e. The standard InChI is InChI=1S/C10H17F3N6/c1-4-14-7-16-8(15-6-5-10(11,12)13)18-9(17-7)19(2)3/h4-6H2,1-3H3,(H2,14,15,16,17,18). The van der Waals surface area contributed by atoms with Crippen LogP contribution in [0.5, 0.6) is 0 Å². The molecule has 0 atom stereocenters. The molecule has 0 amide bonds. The van der Waals surface area contributed by atoms with Crippen molar-refractivity contribution in [2.75, 3.05) is 42.7 Å². The topological polar surface area (TPSA) is 66.0 Å². The van der Waals surface area contributed by atoms with E-state index in [-0.39, 0.29) is 12.5 Å². The van der Waals surface area contributed by atoms with Gasteiger partial charge in [0, 0.05) is 27.2 Å². The molecule has 0 unspecified atom stereocenters. The molecule has 1 rings (SSSR count). The zero-order valence-corrected chi connectivity index (χ0v) is 11.0. The molecule has 1 aromatic rings. The van der Waals surface area contributed by atoms with Crippen LogP contribution in [-0.2, 0) is 0 Å². The zero-order chi connectivity index (χ0) is 14.5. The Hall–Kier alpha value is -1.80. The monoisotopic (exact) mass is 278 g/mol. The highest BCUT2D eigenvalue weighted by molar-refractivity contribution is 5.42. The van der Waals surface area contributed by atoms with Gasteiger partial charge >= 0.3 is 6.18 Å². The quantitative estimate of drug-likeness (QED) is 0.826. The first-order chi connectivity index (χ1) is 8.81. The molecule has 0 aliphatic carbocycles. The van der Waals surface area contributed by atoms with Crippen molar-refractivity contribution in [3.05, 3.63) is 0 Å². The Bertz CT molecular complexity index is 407. The zero-order valence-electron chi connectivity index (χ0n) is 11.0. The second-order valence-corrected chi connectivity index (χ2v) is 4.00. The molecule has 108 valence electrons. The van der Waals surface area contributed by atoms with Crippen molar-refractivity contribution < 1.29 is 13.2 Å². The first-order valence-electron chi connectivity index (χ1n) is 5.79. The van der Waals surface area contributed by atoms with Crippen LogP contribution in [0.3, 0.4) is 0 Å². The summed E-state index contributed by atoms with van der Waals surface area (Å²) in [6, 6.07) is 0. The fourth-order valence-corrected chi connectivity index (χ4v) is 1.20. The lowest BCUT2D eigenvalue weighted by Gasteiger charge is -2.14. The lowest BCUT2D eigenvalue weighted by Crippen LogP contribution is -2.19. The molecule has 9 heteroatoms. The van der Waals surface area contributed by atoms with E-state index in [9.17, 15) is 13.2 Å². The lowest BCUT2D eigenvalue weighted by molar-refractivity contribution is -0.131. The van der Waals surface area contributed by atoms with Gasteiger partial charge in [-0.1, -0.05) is 0 Å². The maximum atomic E-state index is 12.1. The molecule has 1 aromatic heterocycles. The fourth-order valence-electron chi connectivity index (χ4n) is 1.20. The Morgan fingerprint density at radius 2 is 1.63 bits per heavy atom. The molecular weight excluding hydrogens is 261 g/mol. The number of alkyl halides is 3. The molecule has 0 saturated carbocycles. The van der Waals surface area contributed by atoms with Gasteiger partial charge in [0.1, 0.15) is 0 Å². The van der Waals surface area contributed by atoms with Crippen LogP contribution in [0.2, 0.25) is 0 Å². The second-order valence-electron chi connectivity index (χ2n) is 4.00. The number of hydrogen-bond acceptors (Lipinski definition) is 6. The van der Waals surface area contributed by atoms with Crippen molar-refractivity contribution >= 4 is 17.8 Å². The van der Waals surface area contributed by atoms with Gasteiger partial charge in [-0.2, -0.15) is 28.1 Å². The van der Waals surface area contributed by atoms with Gasteiger partial charge in [0.2, 0.25) is 17.8 Å². The number of halogens is 3. The van der Waals surface area contributed by atoms with E-state index in [0.29, 0.717) is 18.4 Å². The Kier molecular flexibility index (Phi) is 5.13. The third-order valence-corrected chi connectivity index (χ3v) is 2.05. The number of nitrogens with one attached hydrogen (secondary N) is 2. The maximum Gasteiger partial charge on any atom is 0.390 e. The second kappa shape index (κ2) is 6.39. The summed E-state index contributed by atoms with van der Waals surface area (Å²) in [6.45, 7) is 2.21. The van der Waals surface area contributed by atoms with E-state index in [4.69, 9.17) is 0 Å². The van der Waals surface area contributed by atoms with Crippen molar-refractivity contribution in [1.29, 1.82) is 0 Å². The molecule has 0 spiro atoms. The summed E-state index contributed by atoms with van der Waals surface area (Å²) >= 11 is 0. The van der Waals surface area contributed by atoms with Crippen molar-refractivity contribution in [1.82, 2.24) is 15.0 Å². The van der Waals surface area contributed by atoms with E-state index >= 15 is 0 Å². The molecule has 0 bridgehead atoms. The van der Waals surface area contributed by atoms with Gasteiger partial charge in [-0.25, -0.2) is 0 Å². The SMILES string of the molecule is CCNc1nc(NCCC(F)(F)F)nc(N(C)C)n1. The lowest BCUT2D eigenvalue weighted by atomic mass is 10.4. The van der Waals surface area contributed by atoms with Crippen molar-refractivity contribution in [2.24, 2.45) is 0 Å². The van der Waals surface area contributed by atoms with Crippen LogP contribution in [0.1, 0.15) is 13.3 Å². The minimum atomic E-state index is -4.20. The summed E-state index contributed by atoms with van der Waals surface area (Å²) in [5.74, 6) is 0.829. The molecule has 19 heavy (non-hydrogen) atoms. The van der Waals surface area contributed by atoms with Gasteiger partial charge < -0.3 is 15.5 Å². The Morgan fingerprint density at radius 3 is 2.11 bits per heavy atom. The van der Waals surface area contributed by atoms with Gasteiger partial charge in [0.25, 0.3) is 0 Å².